The Morgan fingerprint density at radius 2 is 1.80 bits per heavy atom. The topological polar surface area (TPSA) is 70.8 Å². The van der Waals surface area contributed by atoms with Crippen LogP contribution in [0.2, 0.25) is 5.02 Å². The highest BCUT2D eigenvalue weighted by Crippen LogP contribution is 2.39. The van der Waals surface area contributed by atoms with Crippen molar-refractivity contribution in [3.05, 3.63) is 80.2 Å². The third-order valence-corrected chi connectivity index (χ3v) is 5.81. The Balaban J connectivity index is 1.92. The van der Waals surface area contributed by atoms with E-state index in [1.54, 1.807) is 23.1 Å². The molecule has 30 heavy (non-hydrogen) atoms. The van der Waals surface area contributed by atoms with E-state index >= 15 is 0 Å². The van der Waals surface area contributed by atoms with E-state index in [4.69, 9.17) is 16.0 Å². The standard InChI is InChI=1S/C24H24ClNO4/c1-24(2,3)15-7-5-14(6-8-15)20-19-21(28)17-13-16(25)9-10-18(17)30-22(19)23(29)26(20)11-4-12-27/h5-10,13,20,27H,4,11-12H2,1-3H3. The van der Waals surface area contributed by atoms with Crippen molar-refractivity contribution in [2.45, 2.75) is 38.6 Å². The van der Waals surface area contributed by atoms with Gasteiger partial charge < -0.3 is 14.4 Å². The van der Waals surface area contributed by atoms with Crippen LogP contribution >= 0.6 is 11.6 Å². The number of nitrogens with zero attached hydrogens (tertiary/aromatic N) is 1. The number of aliphatic hydroxyl groups is 1. The molecule has 1 atom stereocenters. The molecule has 1 aliphatic heterocycles. The Kier molecular flexibility index (Phi) is 5.20. The van der Waals surface area contributed by atoms with Gasteiger partial charge in [0.05, 0.1) is 17.0 Å². The molecule has 4 rings (SSSR count). The molecule has 1 amide bonds. The Bertz CT molecular complexity index is 1170. The number of amides is 1. The van der Waals surface area contributed by atoms with Gasteiger partial charge in [-0.1, -0.05) is 56.6 Å². The molecule has 1 aliphatic rings. The van der Waals surface area contributed by atoms with Gasteiger partial charge in [0, 0.05) is 18.2 Å². The Morgan fingerprint density at radius 1 is 1.10 bits per heavy atom. The van der Waals surface area contributed by atoms with Gasteiger partial charge in [-0.15, -0.1) is 0 Å². The molecule has 0 aliphatic carbocycles. The van der Waals surface area contributed by atoms with E-state index in [2.05, 4.69) is 20.8 Å². The first kappa shape index (κ1) is 20.6. The second kappa shape index (κ2) is 7.56. The summed E-state index contributed by atoms with van der Waals surface area (Å²) in [5, 5.41) is 10.1. The summed E-state index contributed by atoms with van der Waals surface area (Å²) >= 11 is 6.10. The number of carbonyl (C=O) groups is 1. The number of halogens is 1. The second-order valence-electron chi connectivity index (χ2n) is 8.66. The summed E-state index contributed by atoms with van der Waals surface area (Å²) in [4.78, 5) is 28.2. The van der Waals surface area contributed by atoms with Gasteiger partial charge >= 0.3 is 0 Å². The van der Waals surface area contributed by atoms with Crippen molar-refractivity contribution < 1.29 is 14.3 Å². The Morgan fingerprint density at radius 3 is 2.43 bits per heavy atom. The van der Waals surface area contributed by atoms with Crippen LogP contribution < -0.4 is 5.43 Å². The first-order valence-electron chi connectivity index (χ1n) is 10.0. The predicted molar refractivity (Wildman–Crippen MR) is 117 cm³/mol. The van der Waals surface area contributed by atoms with Crippen LogP contribution in [0.1, 0.15) is 60.5 Å². The van der Waals surface area contributed by atoms with Crippen molar-refractivity contribution in [3.63, 3.8) is 0 Å². The van der Waals surface area contributed by atoms with Crippen LogP contribution in [0, 0.1) is 0 Å². The SMILES string of the molecule is CC(C)(C)c1ccc(C2c3c(oc4ccc(Cl)cc4c3=O)C(=O)N2CCCO)cc1. The number of carbonyl (C=O) groups excluding carboxylic acids is 1. The highest BCUT2D eigenvalue weighted by molar-refractivity contribution is 6.31. The summed E-state index contributed by atoms with van der Waals surface area (Å²) in [6, 6.07) is 12.2. The fourth-order valence-electron chi connectivity index (χ4n) is 3.98. The van der Waals surface area contributed by atoms with Gasteiger partial charge in [-0.25, -0.2) is 0 Å². The van der Waals surface area contributed by atoms with Gasteiger partial charge in [-0.05, 0) is 41.2 Å². The fraction of sp³-hybridized carbons (Fsp3) is 0.333. The van der Waals surface area contributed by atoms with Crippen molar-refractivity contribution in [2.75, 3.05) is 13.2 Å². The van der Waals surface area contributed by atoms with Crippen LogP contribution in [0.15, 0.2) is 51.7 Å². The quantitative estimate of drug-likeness (QED) is 0.659. The molecule has 0 spiro atoms. The lowest BCUT2D eigenvalue weighted by Gasteiger charge is -2.26. The van der Waals surface area contributed by atoms with E-state index in [0.717, 1.165) is 11.1 Å². The number of fused-ring (bicyclic) bond motifs is 2. The second-order valence-corrected chi connectivity index (χ2v) is 9.10. The summed E-state index contributed by atoms with van der Waals surface area (Å²) in [5.74, 6) is -0.269. The molecule has 0 saturated heterocycles. The highest BCUT2D eigenvalue weighted by atomic mass is 35.5. The molecule has 0 fully saturated rings. The van der Waals surface area contributed by atoms with Crippen LogP contribution in [-0.2, 0) is 5.41 Å². The maximum absolute atomic E-state index is 13.4. The number of hydrogen-bond acceptors (Lipinski definition) is 4. The van der Waals surface area contributed by atoms with Crippen LogP contribution in [-0.4, -0.2) is 29.1 Å². The van der Waals surface area contributed by atoms with E-state index in [-0.39, 0.29) is 29.1 Å². The minimum atomic E-state index is -0.562. The van der Waals surface area contributed by atoms with E-state index < -0.39 is 6.04 Å². The molecule has 6 heteroatoms. The summed E-state index contributed by atoms with van der Waals surface area (Å²) in [6.45, 7) is 6.67. The maximum atomic E-state index is 13.4. The van der Waals surface area contributed by atoms with Crippen molar-refractivity contribution in [1.29, 1.82) is 0 Å². The molecule has 1 N–H and O–H groups in total. The van der Waals surface area contributed by atoms with E-state index in [9.17, 15) is 14.7 Å². The maximum Gasteiger partial charge on any atom is 0.290 e. The van der Waals surface area contributed by atoms with Crippen molar-refractivity contribution in [2.24, 2.45) is 0 Å². The Labute approximate surface area is 179 Å². The normalized spacial score (nSPS) is 16.4. The van der Waals surface area contributed by atoms with Crippen molar-refractivity contribution in [3.8, 4) is 0 Å². The Hall–Kier alpha value is -2.63. The lowest BCUT2D eigenvalue weighted by Crippen LogP contribution is -2.31. The van der Waals surface area contributed by atoms with Gasteiger partial charge in [0.2, 0.25) is 5.76 Å². The summed E-state index contributed by atoms with van der Waals surface area (Å²) in [6.07, 6.45) is 0.413. The minimum absolute atomic E-state index is 0.00944. The third-order valence-electron chi connectivity index (χ3n) is 5.58. The number of benzene rings is 2. The lowest BCUT2D eigenvalue weighted by atomic mass is 9.86. The van der Waals surface area contributed by atoms with E-state index in [0.29, 0.717) is 34.5 Å². The number of hydrogen-bond donors (Lipinski definition) is 1. The first-order valence-corrected chi connectivity index (χ1v) is 10.4. The van der Waals surface area contributed by atoms with E-state index in [1.807, 2.05) is 24.3 Å². The molecule has 1 aromatic heterocycles. The summed E-state index contributed by atoms with van der Waals surface area (Å²) in [5.41, 5.74) is 2.40. The van der Waals surface area contributed by atoms with E-state index in [1.165, 1.54) is 0 Å². The van der Waals surface area contributed by atoms with Crippen molar-refractivity contribution in [1.82, 2.24) is 4.90 Å². The fourth-order valence-corrected chi connectivity index (χ4v) is 4.15. The average Bonchev–Trinajstić information content (AvgIpc) is 2.98. The molecule has 2 heterocycles. The van der Waals surface area contributed by atoms with Crippen LogP contribution in [0.5, 0.6) is 0 Å². The minimum Gasteiger partial charge on any atom is -0.450 e. The highest BCUT2D eigenvalue weighted by Gasteiger charge is 2.42. The van der Waals surface area contributed by atoms with Gasteiger partial charge in [0.25, 0.3) is 5.91 Å². The molecule has 5 nitrogen and oxygen atoms in total. The van der Waals surface area contributed by atoms with Gasteiger partial charge in [-0.3, -0.25) is 9.59 Å². The van der Waals surface area contributed by atoms with Gasteiger partial charge in [-0.2, -0.15) is 0 Å². The third kappa shape index (κ3) is 3.42. The molecule has 0 radical (unpaired) electrons. The van der Waals surface area contributed by atoms with Gasteiger partial charge in [0.15, 0.2) is 5.43 Å². The molecule has 0 bridgehead atoms. The molecule has 2 aromatic carbocycles. The molecule has 156 valence electrons. The molecule has 1 unspecified atom stereocenters. The van der Waals surface area contributed by atoms with Crippen LogP contribution in [0.25, 0.3) is 11.0 Å². The smallest absolute Gasteiger partial charge is 0.290 e. The zero-order valence-corrected chi connectivity index (χ0v) is 18.0. The molecular formula is C24H24ClNO4. The largest absolute Gasteiger partial charge is 0.450 e. The molecular weight excluding hydrogens is 402 g/mol. The van der Waals surface area contributed by atoms with Crippen molar-refractivity contribution >= 4 is 28.5 Å². The zero-order chi connectivity index (χ0) is 21.6. The van der Waals surface area contributed by atoms with Crippen LogP contribution in [0.3, 0.4) is 0 Å². The number of rotatable bonds is 4. The van der Waals surface area contributed by atoms with Gasteiger partial charge in [0.1, 0.15) is 5.58 Å². The first-order chi connectivity index (χ1) is 14.2. The number of aliphatic hydroxyl groups excluding tert-OH is 1. The molecule has 3 aromatic rings. The molecule has 0 saturated carbocycles. The average molecular weight is 426 g/mol. The predicted octanol–water partition coefficient (Wildman–Crippen LogP) is 4.67. The van der Waals surface area contributed by atoms with Crippen LogP contribution in [0.4, 0.5) is 0 Å². The summed E-state index contributed by atoms with van der Waals surface area (Å²) in [7, 11) is 0. The summed E-state index contributed by atoms with van der Waals surface area (Å²) < 4.78 is 5.88. The monoisotopic (exact) mass is 425 g/mol. The zero-order valence-electron chi connectivity index (χ0n) is 17.2. The lowest BCUT2D eigenvalue weighted by molar-refractivity contribution is 0.0716.